The van der Waals surface area contributed by atoms with Crippen LogP contribution in [0.5, 0.6) is 0 Å². The lowest BCUT2D eigenvalue weighted by Crippen LogP contribution is -2.29. The predicted octanol–water partition coefficient (Wildman–Crippen LogP) is 4.30. The molecule has 1 atom stereocenters. The molecule has 4 aromatic rings. The SMILES string of the molecule is Cc1ccc(C(=O)N[C@H](c2ccccc2)c2ccc3nc[nH]c3c2)cc1[N+](=O)[O-]. The van der Waals surface area contributed by atoms with Crippen LogP contribution in [0, 0.1) is 17.0 Å². The lowest BCUT2D eigenvalue weighted by Gasteiger charge is -2.20. The summed E-state index contributed by atoms with van der Waals surface area (Å²) in [5.74, 6) is -0.383. The smallest absolute Gasteiger partial charge is 0.273 e. The van der Waals surface area contributed by atoms with Gasteiger partial charge >= 0.3 is 0 Å². The quantitative estimate of drug-likeness (QED) is 0.394. The van der Waals surface area contributed by atoms with Gasteiger partial charge in [-0.05, 0) is 36.2 Å². The van der Waals surface area contributed by atoms with E-state index in [9.17, 15) is 14.9 Å². The molecule has 0 bridgehead atoms. The summed E-state index contributed by atoms with van der Waals surface area (Å²) in [4.78, 5) is 31.0. The highest BCUT2D eigenvalue weighted by Gasteiger charge is 2.21. The number of nitro benzene ring substituents is 1. The first kappa shape index (κ1) is 18.4. The molecule has 1 aromatic heterocycles. The van der Waals surface area contributed by atoms with E-state index in [-0.39, 0.29) is 17.2 Å². The molecule has 7 heteroatoms. The van der Waals surface area contributed by atoms with Crippen LogP contribution in [0.2, 0.25) is 0 Å². The van der Waals surface area contributed by atoms with E-state index in [4.69, 9.17) is 0 Å². The largest absolute Gasteiger partial charge is 0.345 e. The molecular formula is C22H18N4O3. The van der Waals surface area contributed by atoms with Crippen LogP contribution in [0.4, 0.5) is 5.69 Å². The predicted molar refractivity (Wildman–Crippen MR) is 110 cm³/mol. The van der Waals surface area contributed by atoms with Gasteiger partial charge in [-0.1, -0.05) is 42.5 Å². The van der Waals surface area contributed by atoms with Crippen molar-refractivity contribution in [1.29, 1.82) is 0 Å². The number of benzene rings is 3. The molecule has 4 rings (SSSR count). The van der Waals surface area contributed by atoms with Crippen LogP contribution in [0.3, 0.4) is 0 Å². The lowest BCUT2D eigenvalue weighted by molar-refractivity contribution is -0.385. The number of hydrogen-bond acceptors (Lipinski definition) is 4. The molecule has 144 valence electrons. The van der Waals surface area contributed by atoms with Gasteiger partial charge in [-0.3, -0.25) is 14.9 Å². The Hall–Kier alpha value is -4.00. The van der Waals surface area contributed by atoms with E-state index in [1.807, 2.05) is 48.5 Å². The minimum atomic E-state index is -0.479. The number of carbonyl (C=O) groups is 1. The highest BCUT2D eigenvalue weighted by molar-refractivity contribution is 5.95. The minimum absolute atomic E-state index is 0.0761. The third kappa shape index (κ3) is 3.70. The van der Waals surface area contributed by atoms with Gasteiger partial charge < -0.3 is 10.3 Å². The summed E-state index contributed by atoms with van der Waals surface area (Å²) in [7, 11) is 0. The maximum Gasteiger partial charge on any atom is 0.273 e. The fourth-order valence-corrected chi connectivity index (χ4v) is 3.30. The number of fused-ring (bicyclic) bond motifs is 1. The standard InChI is InChI=1S/C22H18N4O3/c1-14-7-8-17(12-20(14)26(28)29)22(27)25-21(15-5-3-2-4-6-15)16-9-10-18-19(11-16)24-13-23-18/h2-13,21H,1H3,(H,23,24)(H,25,27)/t21-/m1/s1. The monoisotopic (exact) mass is 386 g/mol. The number of carbonyl (C=O) groups excluding carboxylic acids is 1. The Labute approximate surface area is 166 Å². The molecule has 29 heavy (non-hydrogen) atoms. The van der Waals surface area contributed by atoms with Gasteiger partial charge in [0.05, 0.1) is 28.3 Å². The summed E-state index contributed by atoms with van der Waals surface area (Å²) >= 11 is 0. The summed E-state index contributed by atoms with van der Waals surface area (Å²) in [5, 5.41) is 14.2. The topological polar surface area (TPSA) is 101 Å². The van der Waals surface area contributed by atoms with Crippen molar-refractivity contribution in [3.8, 4) is 0 Å². The van der Waals surface area contributed by atoms with Crippen molar-refractivity contribution in [3.63, 3.8) is 0 Å². The molecule has 0 aliphatic heterocycles. The second-order valence-corrected chi connectivity index (χ2v) is 6.75. The fraction of sp³-hybridized carbons (Fsp3) is 0.0909. The van der Waals surface area contributed by atoms with Crippen molar-refractivity contribution in [2.75, 3.05) is 0 Å². The number of imidazole rings is 1. The molecule has 7 nitrogen and oxygen atoms in total. The molecular weight excluding hydrogens is 368 g/mol. The van der Waals surface area contributed by atoms with Crippen molar-refractivity contribution >= 4 is 22.6 Å². The van der Waals surface area contributed by atoms with Crippen LogP contribution < -0.4 is 5.32 Å². The Balaban J connectivity index is 1.71. The van der Waals surface area contributed by atoms with Crippen LogP contribution >= 0.6 is 0 Å². The van der Waals surface area contributed by atoms with Crippen molar-refractivity contribution in [3.05, 3.63) is 105 Å². The molecule has 2 N–H and O–H groups in total. The molecule has 0 spiro atoms. The molecule has 0 radical (unpaired) electrons. The molecule has 0 fully saturated rings. The maximum atomic E-state index is 12.9. The number of aromatic nitrogens is 2. The Morgan fingerprint density at radius 2 is 1.86 bits per heavy atom. The number of nitrogens with zero attached hydrogens (tertiary/aromatic N) is 2. The van der Waals surface area contributed by atoms with Gasteiger partial charge in [0.2, 0.25) is 0 Å². The van der Waals surface area contributed by atoms with Crippen LogP contribution in [-0.4, -0.2) is 20.8 Å². The maximum absolute atomic E-state index is 12.9. The van der Waals surface area contributed by atoms with E-state index in [1.165, 1.54) is 6.07 Å². The summed E-state index contributed by atoms with van der Waals surface area (Å²) in [6.07, 6.45) is 1.62. The number of H-pyrrole nitrogens is 1. The average Bonchev–Trinajstić information content (AvgIpc) is 3.20. The van der Waals surface area contributed by atoms with E-state index < -0.39 is 11.0 Å². The summed E-state index contributed by atoms with van der Waals surface area (Å²) in [6, 6.07) is 19.4. The number of aryl methyl sites for hydroxylation is 1. The Morgan fingerprint density at radius 3 is 2.62 bits per heavy atom. The van der Waals surface area contributed by atoms with Gasteiger partial charge in [0, 0.05) is 17.2 Å². The van der Waals surface area contributed by atoms with Crippen molar-refractivity contribution < 1.29 is 9.72 Å². The second-order valence-electron chi connectivity index (χ2n) is 6.75. The van der Waals surface area contributed by atoms with E-state index in [2.05, 4.69) is 15.3 Å². The Bertz CT molecular complexity index is 1200. The third-order valence-electron chi connectivity index (χ3n) is 4.85. The number of amides is 1. The Kier molecular flexibility index (Phi) is 4.78. The van der Waals surface area contributed by atoms with Gasteiger partial charge in [-0.2, -0.15) is 0 Å². The zero-order chi connectivity index (χ0) is 20.4. The molecule has 0 saturated carbocycles. The summed E-state index contributed by atoms with van der Waals surface area (Å²) in [5.41, 5.74) is 4.16. The lowest BCUT2D eigenvalue weighted by atomic mass is 9.97. The first-order valence-corrected chi connectivity index (χ1v) is 9.07. The van der Waals surface area contributed by atoms with E-state index in [1.54, 1.807) is 25.4 Å². The molecule has 3 aromatic carbocycles. The molecule has 0 aliphatic rings. The van der Waals surface area contributed by atoms with Gasteiger partial charge in [0.15, 0.2) is 0 Å². The first-order valence-electron chi connectivity index (χ1n) is 9.07. The molecule has 0 aliphatic carbocycles. The number of rotatable bonds is 5. The summed E-state index contributed by atoms with van der Waals surface area (Å²) < 4.78 is 0. The highest BCUT2D eigenvalue weighted by atomic mass is 16.6. The van der Waals surface area contributed by atoms with Crippen LogP contribution in [0.1, 0.15) is 33.1 Å². The minimum Gasteiger partial charge on any atom is -0.345 e. The van der Waals surface area contributed by atoms with E-state index in [0.717, 1.165) is 22.2 Å². The summed E-state index contributed by atoms with van der Waals surface area (Å²) in [6.45, 7) is 1.65. The van der Waals surface area contributed by atoms with Gasteiger partial charge in [-0.15, -0.1) is 0 Å². The van der Waals surface area contributed by atoms with Crippen molar-refractivity contribution in [1.82, 2.24) is 15.3 Å². The molecule has 1 amide bonds. The number of nitrogens with one attached hydrogen (secondary N) is 2. The first-order chi connectivity index (χ1) is 14.0. The highest BCUT2D eigenvalue weighted by Crippen LogP contribution is 2.26. The molecule has 0 saturated heterocycles. The van der Waals surface area contributed by atoms with Crippen LogP contribution in [0.25, 0.3) is 11.0 Å². The van der Waals surface area contributed by atoms with Crippen molar-refractivity contribution in [2.45, 2.75) is 13.0 Å². The van der Waals surface area contributed by atoms with Crippen LogP contribution in [0.15, 0.2) is 73.1 Å². The number of hydrogen-bond donors (Lipinski definition) is 2. The zero-order valence-corrected chi connectivity index (χ0v) is 15.6. The van der Waals surface area contributed by atoms with Gasteiger partial charge in [0.1, 0.15) is 0 Å². The third-order valence-corrected chi connectivity index (χ3v) is 4.85. The van der Waals surface area contributed by atoms with Crippen LogP contribution in [-0.2, 0) is 0 Å². The normalized spacial score (nSPS) is 11.9. The average molecular weight is 386 g/mol. The fourth-order valence-electron chi connectivity index (χ4n) is 3.30. The van der Waals surface area contributed by atoms with Gasteiger partial charge in [-0.25, -0.2) is 4.98 Å². The zero-order valence-electron chi connectivity index (χ0n) is 15.6. The number of aromatic amines is 1. The number of nitro groups is 1. The second kappa shape index (κ2) is 7.55. The Morgan fingerprint density at radius 1 is 1.07 bits per heavy atom. The van der Waals surface area contributed by atoms with Crippen molar-refractivity contribution in [2.24, 2.45) is 0 Å². The van der Waals surface area contributed by atoms with Gasteiger partial charge in [0.25, 0.3) is 11.6 Å². The molecule has 1 heterocycles. The van der Waals surface area contributed by atoms with E-state index in [0.29, 0.717) is 5.56 Å². The molecule has 0 unspecified atom stereocenters. The van der Waals surface area contributed by atoms with E-state index >= 15 is 0 Å².